The van der Waals surface area contributed by atoms with Crippen molar-refractivity contribution in [1.29, 1.82) is 0 Å². The summed E-state index contributed by atoms with van der Waals surface area (Å²) < 4.78 is 0. The summed E-state index contributed by atoms with van der Waals surface area (Å²) in [6.45, 7) is 0.983. The van der Waals surface area contributed by atoms with Gasteiger partial charge in [0.1, 0.15) is 0 Å². The zero-order valence-corrected chi connectivity index (χ0v) is 8.35. The number of nitrogens with one attached hydrogen (secondary N) is 2. The fourth-order valence-corrected chi connectivity index (χ4v) is 1.29. The maximum absolute atomic E-state index is 4.06. The van der Waals surface area contributed by atoms with Crippen molar-refractivity contribution in [3.63, 3.8) is 0 Å². The molecule has 0 saturated carbocycles. The molecular weight excluding hydrogens is 186 g/mol. The number of allylic oxidation sites excluding steroid dienone is 2. The van der Waals surface area contributed by atoms with Gasteiger partial charge in [0, 0.05) is 6.54 Å². The van der Waals surface area contributed by atoms with Gasteiger partial charge in [-0.3, -0.25) is 0 Å². The van der Waals surface area contributed by atoms with Crippen LogP contribution in [0.3, 0.4) is 0 Å². The molecule has 1 aromatic heterocycles. The molecule has 0 bridgehead atoms. The van der Waals surface area contributed by atoms with E-state index in [1.807, 2.05) is 42.6 Å². The van der Waals surface area contributed by atoms with E-state index in [1.54, 1.807) is 6.33 Å². The summed E-state index contributed by atoms with van der Waals surface area (Å²) in [5.74, 6) is 0. The predicted molar refractivity (Wildman–Crippen MR) is 62.4 cm³/mol. The summed E-state index contributed by atoms with van der Waals surface area (Å²) in [6, 6.07) is 7.94. The van der Waals surface area contributed by atoms with Gasteiger partial charge in [0.25, 0.3) is 0 Å². The van der Waals surface area contributed by atoms with Crippen LogP contribution in [0.5, 0.6) is 0 Å². The van der Waals surface area contributed by atoms with Crippen molar-refractivity contribution in [2.45, 2.75) is 0 Å². The minimum absolute atomic E-state index is 0.983. The van der Waals surface area contributed by atoms with Crippen LogP contribution in [0.1, 0.15) is 0 Å². The van der Waals surface area contributed by atoms with Gasteiger partial charge in [0.05, 0.1) is 17.4 Å². The first-order valence-electron chi connectivity index (χ1n) is 4.90. The van der Waals surface area contributed by atoms with Crippen molar-refractivity contribution in [2.75, 3.05) is 6.54 Å². The quantitative estimate of drug-likeness (QED) is 0.683. The number of rotatable bonds is 0. The third-order valence-corrected chi connectivity index (χ3v) is 2.02. The molecule has 2 N–H and O–H groups in total. The van der Waals surface area contributed by atoms with E-state index >= 15 is 0 Å². The second kappa shape index (κ2) is 5.00. The molecule has 3 heteroatoms. The lowest BCUT2D eigenvalue weighted by Crippen LogP contribution is -2.05. The molecule has 1 aromatic carbocycles. The molecule has 0 fully saturated rings. The van der Waals surface area contributed by atoms with Crippen LogP contribution in [0.15, 0.2) is 55.0 Å². The molecule has 2 heterocycles. The molecular formula is C12H13N3. The highest BCUT2D eigenvalue weighted by molar-refractivity contribution is 5.73. The van der Waals surface area contributed by atoms with Crippen LogP contribution in [0.2, 0.25) is 0 Å². The highest BCUT2D eigenvalue weighted by Crippen LogP contribution is 2.05. The number of dihydropyridines is 1. The Morgan fingerprint density at radius 1 is 1.13 bits per heavy atom. The molecule has 0 saturated heterocycles. The standard InChI is InChI=1S/C7H6N2.C5H7N/c1-2-4-7-6(3-1)8-5-9-7;1-2-4-6-5-3-1/h1-5H,(H,8,9);1-4,6H,5H2. The van der Waals surface area contributed by atoms with Crippen LogP contribution in [-0.4, -0.2) is 16.5 Å². The zero-order valence-electron chi connectivity index (χ0n) is 8.35. The predicted octanol–water partition coefficient (Wildman–Crippen LogP) is 2.22. The van der Waals surface area contributed by atoms with Crippen molar-refractivity contribution < 1.29 is 0 Å². The molecule has 3 nitrogen and oxygen atoms in total. The van der Waals surface area contributed by atoms with E-state index in [0.717, 1.165) is 17.6 Å². The van der Waals surface area contributed by atoms with Gasteiger partial charge in [-0.25, -0.2) is 4.98 Å². The molecule has 0 spiro atoms. The largest absolute Gasteiger partial charge is 0.387 e. The fourth-order valence-electron chi connectivity index (χ4n) is 1.29. The number of fused-ring (bicyclic) bond motifs is 1. The van der Waals surface area contributed by atoms with Gasteiger partial charge in [0.2, 0.25) is 0 Å². The van der Waals surface area contributed by atoms with E-state index in [9.17, 15) is 0 Å². The second-order valence-corrected chi connectivity index (χ2v) is 3.12. The first kappa shape index (κ1) is 9.52. The Bertz CT molecular complexity index is 426. The van der Waals surface area contributed by atoms with E-state index in [4.69, 9.17) is 0 Å². The Morgan fingerprint density at radius 2 is 2.07 bits per heavy atom. The third-order valence-electron chi connectivity index (χ3n) is 2.02. The highest BCUT2D eigenvalue weighted by atomic mass is 14.9. The lowest BCUT2D eigenvalue weighted by Gasteiger charge is -1.94. The van der Waals surface area contributed by atoms with E-state index in [1.165, 1.54) is 0 Å². The van der Waals surface area contributed by atoms with Gasteiger partial charge in [0.15, 0.2) is 0 Å². The van der Waals surface area contributed by atoms with Crippen molar-refractivity contribution in [3.05, 3.63) is 55.0 Å². The molecule has 0 atom stereocenters. The Kier molecular flexibility index (Phi) is 3.18. The van der Waals surface area contributed by atoms with Gasteiger partial charge < -0.3 is 10.3 Å². The monoisotopic (exact) mass is 199 g/mol. The third kappa shape index (κ3) is 2.71. The van der Waals surface area contributed by atoms with Crippen molar-refractivity contribution >= 4 is 11.0 Å². The summed E-state index contributed by atoms with van der Waals surface area (Å²) in [7, 11) is 0. The zero-order chi connectivity index (χ0) is 10.3. The Labute approximate surface area is 88.5 Å². The van der Waals surface area contributed by atoms with Crippen LogP contribution in [0.25, 0.3) is 11.0 Å². The molecule has 76 valence electrons. The first-order chi connectivity index (χ1) is 7.47. The van der Waals surface area contributed by atoms with Crippen LogP contribution in [-0.2, 0) is 0 Å². The number of aromatic amines is 1. The molecule has 15 heavy (non-hydrogen) atoms. The number of benzene rings is 1. The van der Waals surface area contributed by atoms with E-state index in [-0.39, 0.29) is 0 Å². The summed E-state index contributed by atoms with van der Waals surface area (Å²) >= 11 is 0. The average molecular weight is 199 g/mol. The van der Waals surface area contributed by atoms with E-state index in [2.05, 4.69) is 21.4 Å². The Morgan fingerprint density at radius 3 is 2.67 bits per heavy atom. The molecule has 0 radical (unpaired) electrons. The molecule has 1 aliphatic rings. The normalized spacial score (nSPS) is 13.1. The average Bonchev–Trinajstić information content (AvgIpc) is 2.80. The number of hydrogen-bond donors (Lipinski definition) is 2. The summed E-state index contributed by atoms with van der Waals surface area (Å²) in [4.78, 5) is 7.07. The number of nitrogens with zero attached hydrogens (tertiary/aromatic N) is 1. The maximum atomic E-state index is 4.06. The van der Waals surface area contributed by atoms with Crippen LogP contribution < -0.4 is 5.32 Å². The lowest BCUT2D eigenvalue weighted by atomic mass is 10.3. The molecule has 0 unspecified atom stereocenters. The molecule has 2 aromatic rings. The molecule has 3 rings (SSSR count). The number of hydrogen-bond acceptors (Lipinski definition) is 2. The first-order valence-corrected chi connectivity index (χ1v) is 4.90. The fraction of sp³-hybridized carbons (Fsp3) is 0.0833. The second-order valence-electron chi connectivity index (χ2n) is 3.12. The summed E-state index contributed by atoms with van der Waals surface area (Å²) in [5.41, 5.74) is 2.12. The summed E-state index contributed by atoms with van der Waals surface area (Å²) in [6.07, 6.45) is 9.70. The molecule has 1 aliphatic heterocycles. The van der Waals surface area contributed by atoms with Gasteiger partial charge in [-0.15, -0.1) is 0 Å². The van der Waals surface area contributed by atoms with Crippen molar-refractivity contribution in [2.24, 2.45) is 0 Å². The number of H-pyrrole nitrogens is 1. The minimum Gasteiger partial charge on any atom is -0.387 e. The highest BCUT2D eigenvalue weighted by Gasteiger charge is 1.88. The van der Waals surface area contributed by atoms with Crippen LogP contribution in [0.4, 0.5) is 0 Å². The van der Waals surface area contributed by atoms with Gasteiger partial charge in [-0.1, -0.05) is 24.3 Å². The Hall–Kier alpha value is -2.03. The van der Waals surface area contributed by atoms with E-state index in [0.29, 0.717) is 0 Å². The van der Waals surface area contributed by atoms with Crippen molar-refractivity contribution in [1.82, 2.24) is 15.3 Å². The molecule has 0 aliphatic carbocycles. The van der Waals surface area contributed by atoms with Gasteiger partial charge in [-0.2, -0.15) is 0 Å². The maximum Gasteiger partial charge on any atom is 0.0931 e. The minimum atomic E-state index is 0.983. The lowest BCUT2D eigenvalue weighted by molar-refractivity contribution is 0.972. The SMILES string of the molecule is C1=CCNC=C1.c1ccc2[nH]cnc2c1. The van der Waals surface area contributed by atoms with Crippen LogP contribution >= 0.6 is 0 Å². The molecule has 0 amide bonds. The number of para-hydroxylation sites is 2. The van der Waals surface area contributed by atoms with E-state index < -0.39 is 0 Å². The summed E-state index contributed by atoms with van der Waals surface area (Å²) in [5, 5.41) is 3.02. The Balaban J connectivity index is 0.000000124. The van der Waals surface area contributed by atoms with Crippen molar-refractivity contribution in [3.8, 4) is 0 Å². The van der Waals surface area contributed by atoms with Crippen LogP contribution in [0, 0.1) is 0 Å². The number of imidazole rings is 1. The topological polar surface area (TPSA) is 40.7 Å². The van der Waals surface area contributed by atoms with Gasteiger partial charge >= 0.3 is 0 Å². The number of aromatic nitrogens is 2. The smallest absolute Gasteiger partial charge is 0.0931 e. The van der Waals surface area contributed by atoms with Gasteiger partial charge in [-0.05, 0) is 24.4 Å².